The third kappa shape index (κ3) is 5.47. The molecule has 0 aromatic heterocycles. The van der Waals surface area contributed by atoms with Crippen molar-refractivity contribution in [2.75, 3.05) is 0 Å². The molecule has 0 saturated heterocycles. The highest BCUT2D eigenvalue weighted by Gasteiger charge is 2.06. The second-order valence-electron chi connectivity index (χ2n) is 3.88. The minimum atomic E-state index is -2.28. The second-order valence-corrected chi connectivity index (χ2v) is 3.88. The van der Waals surface area contributed by atoms with Crippen LogP contribution in [0.2, 0.25) is 0 Å². The third-order valence-electron chi connectivity index (χ3n) is 2.39. The van der Waals surface area contributed by atoms with Crippen LogP contribution in [0.4, 0.5) is 26.3 Å². The summed E-state index contributed by atoms with van der Waals surface area (Å²) in [6, 6.07) is 14.4. The molecule has 2 aromatic carbocycles. The number of rotatable bonds is 2. The van der Waals surface area contributed by atoms with Crippen molar-refractivity contribution in [1.82, 2.24) is 0 Å². The summed E-state index contributed by atoms with van der Waals surface area (Å²) in [5.41, 5.74) is -0.181. The van der Waals surface area contributed by atoms with Gasteiger partial charge in [-0.3, -0.25) is 0 Å². The van der Waals surface area contributed by atoms with E-state index in [-0.39, 0.29) is 11.1 Å². The highest BCUT2D eigenvalue weighted by Crippen LogP contribution is 2.21. The minimum Gasteiger partial charge on any atom is -0.200 e. The number of hydrogen-bond donors (Lipinski definition) is 0. The van der Waals surface area contributed by atoms with Crippen LogP contribution >= 0.6 is 0 Å². The second kappa shape index (κ2) is 8.71. The molecule has 0 fully saturated rings. The summed E-state index contributed by atoms with van der Waals surface area (Å²) >= 11 is 0. The van der Waals surface area contributed by atoms with E-state index in [0.717, 1.165) is 0 Å². The molecule has 0 spiro atoms. The summed E-state index contributed by atoms with van der Waals surface area (Å²) in [6.07, 6.45) is -4.56. The van der Waals surface area contributed by atoms with E-state index in [1.165, 1.54) is 48.5 Å². The third-order valence-corrected chi connectivity index (χ3v) is 2.39. The first-order valence-corrected chi connectivity index (χ1v) is 5.96. The SMILES string of the molecule is FC(F)=C(F)c1ccccc1.FC(F)=C(F)c1ccccc1. The highest BCUT2D eigenvalue weighted by atomic mass is 19.3. The zero-order valence-electron chi connectivity index (χ0n) is 11.0. The van der Waals surface area contributed by atoms with E-state index in [2.05, 4.69) is 0 Å². The number of benzene rings is 2. The Kier molecular flexibility index (Phi) is 6.95. The molecule has 22 heavy (non-hydrogen) atoms. The fraction of sp³-hybridized carbons (Fsp3) is 0. The van der Waals surface area contributed by atoms with Gasteiger partial charge in [0.25, 0.3) is 0 Å². The average molecular weight is 316 g/mol. The van der Waals surface area contributed by atoms with Gasteiger partial charge in [0.1, 0.15) is 0 Å². The van der Waals surface area contributed by atoms with Crippen LogP contribution in [0.25, 0.3) is 11.7 Å². The highest BCUT2D eigenvalue weighted by molar-refractivity contribution is 5.59. The molecule has 2 aromatic rings. The van der Waals surface area contributed by atoms with Crippen molar-refractivity contribution in [3.05, 3.63) is 84.0 Å². The van der Waals surface area contributed by atoms with E-state index in [9.17, 15) is 26.3 Å². The predicted molar refractivity (Wildman–Crippen MR) is 73.4 cm³/mol. The van der Waals surface area contributed by atoms with Crippen LogP contribution in [-0.2, 0) is 0 Å². The molecular weight excluding hydrogens is 306 g/mol. The van der Waals surface area contributed by atoms with E-state index in [4.69, 9.17) is 0 Å². The molecule has 0 aliphatic heterocycles. The average Bonchev–Trinajstić information content (AvgIpc) is 2.55. The molecular formula is C16H10F6. The van der Waals surface area contributed by atoms with Gasteiger partial charge in [-0.1, -0.05) is 60.7 Å². The largest absolute Gasteiger partial charge is 0.306 e. The fourth-order valence-electron chi connectivity index (χ4n) is 1.39. The Morgan fingerprint density at radius 3 is 0.955 bits per heavy atom. The van der Waals surface area contributed by atoms with Crippen LogP contribution in [0.15, 0.2) is 72.8 Å². The number of halogens is 6. The van der Waals surface area contributed by atoms with Gasteiger partial charge in [-0.25, -0.2) is 8.78 Å². The van der Waals surface area contributed by atoms with Gasteiger partial charge in [0.15, 0.2) is 11.7 Å². The molecule has 0 N–H and O–H groups in total. The van der Waals surface area contributed by atoms with Crippen molar-refractivity contribution >= 4 is 11.7 Å². The van der Waals surface area contributed by atoms with Gasteiger partial charge in [-0.15, -0.1) is 0 Å². The fourth-order valence-corrected chi connectivity index (χ4v) is 1.39. The summed E-state index contributed by atoms with van der Waals surface area (Å²) in [5, 5.41) is 0. The zero-order chi connectivity index (χ0) is 16.5. The molecule has 0 bridgehead atoms. The molecule has 116 valence electrons. The molecule has 0 radical (unpaired) electrons. The smallest absolute Gasteiger partial charge is 0.200 e. The monoisotopic (exact) mass is 316 g/mol. The Morgan fingerprint density at radius 1 is 0.455 bits per heavy atom. The van der Waals surface area contributed by atoms with Gasteiger partial charge in [0.2, 0.25) is 0 Å². The maximum absolute atomic E-state index is 12.4. The van der Waals surface area contributed by atoms with E-state index in [1.807, 2.05) is 0 Å². The summed E-state index contributed by atoms with van der Waals surface area (Å²) in [6.45, 7) is 0. The quantitative estimate of drug-likeness (QED) is 0.559. The van der Waals surface area contributed by atoms with Crippen LogP contribution in [0.1, 0.15) is 11.1 Å². The van der Waals surface area contributed by atoms with Gasteiger partial charge < -0.3 is 0 Å². The summed E-state index contributed by atoms with van der Waals surface area (Å²) in [4.78, 5) is 0. The van der Waals surface area contributed by atoms with Crippen LogP contribution in [0.5, 0.6) is 0 Å². The van der Waals surface area contributed by atoms with Crippen LogP contribution in [0.3, 0.4) is 0 Å². The lowest BCUT2D eigenvalue weighted by Gasteiger charge is -1.93. The van der Waals surface area contributed by atoms with Crippen molar-refractivity contribution in [3.63, 3.8) is 0 Å². The molecule has 6 heteroatoms. The molecule has 0 nitrogen and oxygen atoms in total. The molecule has 0 aliphatic carbocycles. The molecule has 0 saturated carbocycles. The van der Waals surface area contributed by atoms with Gasteiger partial charge in [0.05, 0.1) is 0 Å². The molecule has 2 rings (SSSR count). The van der Waals surface area contributed by atoms with Crippen LogP contribution < -0.4 is 0 Å². The van der Waals surface area contributed by atoms with Crippen molar-refractivity contribution in [2.24, 2.45) is 0 Å². The summed E-state index contributed by atoms with van der Waals surface area (Å²) < 4.78 is 71.2. The van der Waals surface area contributed by atoms with Crippen LogP contribution in [-0.4, -0.2) is 0 Å². The van der Waals surface area contributed by atoms with E-state index < -0.39 is 23.8 Å². The Labute approximate surface area is 123 Å². The molecule has 0 atom stereocenters. The molecule has 0 aliphatic rings. The molecule has 0 heterocycles. The minimum absolute atomic E-state index is 0.0903. The van der Waals surface area contributed by atoms with Crippen molar-refractivity contribution in [2.45, 2.75) is 0 Å². The van der Waals surface area contributed by atoms with E-state index in [1.54, 1.807) is 12.1 Å². The lowest BCUT2D eigenvalue weighted by atomic mass is 10.2. The number of hydrogen-bond acceptors (Lipinski definition) is 0. The topological polar surface area (TPSA) is 0 Å². The van der Waals surface area contributed by atoms with Crippen molar-refractivity contribution in [1.29, 1.82) is 0 Å². The molecule has 0 unspecified atom stereocenters. The first kappa shape index (κ1) is 17.6. The Bertz CT molecular complexity index is 579. The lowest BCUT2D eigenvalue weighted by molar-refractivity contribution is 0.410. The van der Waals surface area contributed by atoms with Crippen LogP contribution in [0, 0.1) is 0 Å². The van der Waals surface area contributed by atoms with Gasteiger partial charge in [-0.2, -0.15) is 17.6 Å². The Balaban J connectivity index is 0.000000220. The van der Waals surface area contributed by atoms with Gasteiger partial charge in [-0.05, 0) is 0 Å². The Morgan fingerprint density at radius 2 is 0.727 bits per heavy atom. The molecule has 0 amide bonds. The van der Waals surface area contributed by atoms with Gasteiger partial charge >= 0.3 is 12.2 Å². The van der Waals surface area contributed by atoms with E-state index in [0.29, 0.717) is 0 Å². The maximum Gasteiger partial charge on any atom is 0.306 e. The summed E-state index contributed by atoms with van der Waals surface area (Å²) in [5.74, 6) is -2.91. The normalized spacial score (nSPS) is 9.36. The first-order valence-electron chi connectivity index (χ1n) is 5.96. The standard InChI is InChI=1S/2C8H5F3/c2*9-7(8(10)11)6-4-2-1-3-5-6/h2*1-5H. The van der Waals surface area contributed by atoms with Crippen molar-refractivity contribution < 1.29 is 26.3 Å². The summed E-state index contributed by atoms with van der Waals surface area (Å²) in [7, 11) is 0. The van der Waals surface area contributed by atoms with Crippen molar-refractivity contribution in [3.8, 4) is 0 Å². The lowest BCUT2D eigenvalue weighted by Crippen LogP contribution is -1.76. The first-order chi connectivity index (χ1) is 10.4. The predicted octanol–water partition coefficient (Wildman–Crippen LogP) is 6.44. The Hall–Kier alpha value is -2.50. The van der Waals surface area contributed by atoms with Gasteiger partial charge in [0, 0.05) is 11.1 Å². The van der Waals surface area contributed by atoms with E-state index >= 15 is 0 Å². The maximum atomic E-state index is 12.4. The zero-order valence-corrected chi connectivity index (χ0v) is 11.0.